The van der Waals surface area contributed by atoms with E-state index in [9.17, 15) is 5.11 Å². The molecule has 0 bridgehead atoms. The van der Waals surface area contributed by atoms with Crippen molar-refractivity contribution >= 4 is 0 Å². The highest BCUT2D eigenvalue weighted by Gasteiger charge is 2.01. The Kier molecular flexibility index (Phi) is 3.01. The molecule has 1 aromatic heterocycles. The molecule has 0 aliphatic heterocycles. The third-order valence-corrected chi connectivity index (χ3v) is 1.47. The molecule has 0 radical (unpaired) electrons. The van der Waals surface area contributed by atoms with Crippen LogP contribution in [0.5, 0.6) is 5.75 Å². The number of aromatic hydroxyl groups is 1. The van der Waals surface area contributed by atoms with Gasteiger partial charge in [0.2, 0.25) is 0 Å². The third-order valence-electron chi connectivity index (χ3n) is 1.47. The van der Waals surface area contributed by atoms with Gasteiger partial charge in [-0.05, 0) is 19.1 Å². The second-order valence-electron chi connectivity index (χ2n) is 2.44. The van der Waals surface area contributed by atoms with Crippen molar-refractivity contribution in [2.75, 3.05) is 7.11 Å². The molecule has 12 heavy (non-hydrogen) atoms. The van der Waals surface area contributed by atoms with E-state index in [0.29, 0.717) is 12.2 Å². The summed E-state index contributed by atoms with van der Waals surface area (Å²) in [5.74, 6) is 0.185. The van der Waals surface area contributed by atoms with Crippen molar-refractivity contribution in [3.63, 3.8) is 0 Å². The number of aryl methyl sites for hydroxylation is 1. The minimum atomic E-state index is 0.185. The van der Waals surface area contributed by atoms with Crippen LogP contribution >= 0.6 is 0 Å². The monoisotopic (exact) mass is 168 g/mol. The van der Waals surface area contributed by atoms with Crippen LogP contribution in [0.2, 0.25) is 0 Å². The van der Waals surface area contributed by atoms with Gasteiger partial charge in [0.1, 0.15) is 5.75 Å². The smallest absolute Gasteiger partial charge is 0.138 e. The lowest BCUT2D eigenvalue weighted by Gasteiger charge is -2.04. The summed E-state index contributed by atoms with van der Waals surface area (Å²) in [7, 11) is 1.52. The van der Waals surface area contributed by atoms with Crippen LogP contribution in [0.25, 0.3) is 0 Å². The topological polar surface area (TPSA) is 54.4 Å². The van der Waals surface area contributed by atoms with Crippen LogP contribution in [0.4, 0.5) is 0 Å². The van der Waals surface area contributed by atoms with Gasteiger partial charge >= 0.3 is 0 Å². The molecule has 0 saturated heterocycles. The molecule has 66 valence electrons. The van der Waals surface area contributed by atoms with Gasteiger partial charge in [-0.1, -0.05) is 0 Å². The van der Waals surface area contributed by atoms with Gasteiger partial charge in [-0.15, -0.1) is 0 Å². The molecule has 1 heterocycles. The number of pyridine rings is 1. The van der Waals surface area contributed by atoms with Crippen LogP contribution in [-0.4, -0.2) is 17.2 Å². The molecule has 0 fully saturated rings. The first-order valence-electron chi connectivity index (χ1n) is 3.65. The lowest BCUT2D eigenvalue weighted by Crippen LogP contribution is -2.12. The van der Waals surface area contributed by atoms with Gasteiger partial charge in [-0.2, -0.15) is 5.48 Å². The number of rotatable bonds is 3. The molecule has 0 unspecified atom stereocenters. The molecular weight excluding hydrogens is 156 g/mol. The van der Waals surface area contributed by atoms with E-state index in [0.717, 1.165) is 5.69 Å². The second-order valence-corrected chi connectivity index (χ2v) is 2.44. The summed E-state index contributed by atoms with van der Waals surface area (Å²) in [5, 5.41) is 9.30. The first-order chi connectivity index (χ1) is 5.74. The Hall–Kier alpha value is -1.13. The van der Waals surface area contributed by atoms with E-state index in [2.05, 4.69) is 15.3 Å². The van der Waals surface area contributed by atoms with Crippen molar-refractivity contribution < 1.29 is 9.94 Å². The highest BCUT2D eigenvalue weighted by Crippen LogP contribution is 2.13. The Morgan fingerprint density at radius 1 is 1.58 bits per heavy atom. The minimum absolute atomic E-state index is 0.185. The number of nitrogens with zero attached hydrogens (tertiary/aromatic N) is 1. The number of aromatic nitrogens is 1. The van der Waals surface area contributed by atoms with Crippen LogP contribution in [0, 0.1) is 6.92 Å². The van der Waals surface area contributed by atoms with E-state index in [1.165, 1.54) is 7.11 Å². The summed E-state index contributed by atoms with van der Waals surface area (Å²) in [4.78, 5) is 8.76. The van der Waals surface area contributed by atoms with Gasteiger partial charge in [-0.3, -0.25) is 4.98 Å². The molecular formula is C8H12N2O2. The molecule has 0 aliphatic carbocycles. The summed E-state index contributed by atoms with van der Waals surface area (Å²) < 4.78 is 0. The molecule has 2 N–H and O–H groups in total. The Bertz CT molecular complexity index is 263. The Balaban J connectivity index is 2.75. The van der Waals surface area contributed by atoms with Crippen LogP contribution in [0.15, 0.2) is 12.1 Å². The van der Waals surface area contributed by atoms with Crippen molar-refractivity contribution in [1.29, 1.82) is 0 Å². The molecule has 0 aliphatic rings. The summed E-state index contributed by atoms with van der Waals surface area (Å²) in [6, 6.07) is 3.38. The average Bonchev–Trinajstić information content (AvgIpc) is 2.07. The first-order valence-corrected chi connectivity index (χ1v) is 3.65. The third kappa shape index (κ3) is 2.18. The maximum absolute atomic E-state index is 9.30. The Morgan fingerprint density at radius 3 is 3.00 bits per heavy atom. The predicted octanol–water partition coefficient (Wildman–Crippen LogP) is 0.747. The van der Waals surface area contributed by atoms with Gasteiger partial charge in [0.05, 0.1) is 19.3 Å². The molecule has 1 rings (SSSR count). The number of nitrogens with one attached hydrogen (secondary N) is 1. The maximum Gasteiger partial charge on any atom is 0.138 e. The molecule has 0 atom stereocenters. The van der Waals surface area contributed by atoms with Crippen molar-refractivity contribution in [1.82, 2.24) is 10.5 Å². The van der Waals surface area contributed by atoms with Gasteiger partial charge in [-0.25, -0.2) is 0 Å². The first kappa shape index (κ1) is 8.96. The minimum Gasteiger partial charge on any atom is -0.506 e. The van der Waals surface area contributed by atoms with Gasteiger partial charge in [0.25, 0.3) is 0 Å². The zero-order valence-electron chi connectivity index (χ0n) is 7.16. The fourth-order valence-corrected chi connectivity index (χ4v) is 0.874. The molecule has 0 aromatic carbocycles. The van der Waals surface area contributed by atoms with E-state index < -0.39 is 0 Å². The van der Waals surface area contributed by atoms with Crippen molar-refractivity contribution in [2.45, 2.75) is 13.5 Å². The van der Waals surface area contributed by atoms with Crippen LogP contribution in [0.1, 0.15) is 11.4 Å². The molecule has 4 nitrogen and oxygen atoms in total. The molecule has 0 saturated carbocycles. The summed E-state index contributed by atoms with van der Waals surface area (Å²) >= 11 is 0. The van der Waals surface area contributed by atoms with E-state index in [-0.39, 0.29) is 5.75 Å². The highest BCUT2D eigenvalue weighted by atomic mass is 16.6. The largest absolute Gasteiger partial charge is 0.506 e. The quantitative estimate of drug-likeness (QED) is 0.654. The number of hydrogen-bond acceptors (Lipinski definition) is 4. The Morgan fingerprint density at radius 2 is 2.33 bits per heavy atom. The molecule has 1 aromatic rings. The maximum atomic E-state index is 9.30. The van der Waals surface area contributed by atoms with Gasteiger partial charge < -0.3 is 9.94 Å². The van der Waals surface area contributed by atoms with E-state index in [1.54, 1.807) is 12.1 Å². The van der Waals surface area contributed by atoms with E-state index in [4.69, 9.17) is 0 Å². The predicted molar refractivity (Wildman–Crippen MR) is 44.5 cm³/mol. The van der Waals surface area contributed by atoms with Gasteiger partial charge in [0, 0.05) is 5.69 Å². The lowest BCUT2D eigenvalue weighted by atomic mass is 10.3. The zero-order valence-corrected chi connectivity index (χ0v) is 7.16. The van der Waals surface area contributed by atoms with E-state index in [1.807, 2.05) is 6.92 Å². The lowest BCUT2D eigenvalue weighted by molar-refractivity contribution is 0.0852. The van der Waals surface area contributed by atoms with Crippen LogP contribution in [-0.2, 0) is 11.4 Å². The van der Waals surface area contributed by atoms with Crippen molar-refractivity contribution in [2.24, 2.45) is 0 Å². The van der Waals surface area contributed by atoms with Gasteiger partial charge in [0.15, 0.2) is 0 Å². The van der Waals surface area contributed by atoms with Crippen molar-refractivity contribution in [3.05, 3.63) is 23.5 Å². The fourth-order valence-electron chi connectivity index (χ4n) is 0.874. The normalized spacial score (nSPS) is 10.2. The number of hydrogen-bond donors (Lipinski definition) is 2. The molecule has 4 heteroatoms. The number of hydroxylamine groups is 1. The Labute approximate surface area is 71.2 Å². The molecule has 0 amide bonds. The summed E-state index contributed by atoms with van der Waals surface area (Å²) in [6.45, 7) is 2.28. The fraction of sp³-hybridized carbons (Fsp3) is 0.375. The van der Waals surface area contributed by atoms with Crippen molar-refractivity contribution in [3.8, 4) is 5.75 Å². The molecule has 0 spiro atoms. The highest BCUT2D eigenvalue weighted by molar-refractivity contribution is 5.27. The standard InChI is InChI=1S/C8H12N2O2/c1-6-3-4-8(11)7(10-6)5-9-12-2/h3-4,9,11H,5H2,1-2H3. The second kappa shape index (κ2) is 4.04. The summed E-state index contributed by atoms with van der Waals surface area (Å²) in [6.07, 6.45) is 0. The van der Waals surface area contributed by atoms with E-state index >= 15 is 0 Å². The van der Waals surface area contributed by atoms with Crippen LogP contribution < -0.4 is 5.48 Å². The summed E-state index contributed by atoms with van der Waals surface area (Å²) in [5.41, 5.74) is 4.08. The zero-order chi connectivity index (χ0) is 8.97. The SMILES string of the molecule is CONCc1nc(C)ccc1O. The average molecular weight is 168 g/mol. The van der Waals surface area contributed by atoms with Crippen LogP contribution in [0.3, 0.4) is 0 Å².